The van der Waals surface area contributed by atoms with Gasteiger partial charge in [0.25, 0.3) is 6.10 Å². The first-order chi connectivity index (χ1) is 13.2. The van der Waals surface area contributed by atoms with Gasteiger partial charge in [-0.15, -0.1) is 0 Å². The molecule has 0 aliphatic rings. The van der Waals surface area contributed by atoms with Crippen molar-refractivity contribution in [2.75, 3.05) is 17.7 Å². The quantitative estimate of drug-likeness (QED) is 0.672. The van der Waals surface area contributed by atoms with Gasteiger partial charge in [0, 0.05) is 7.05 Å². The third-order valence-corrected chi connectivity index (χ3v) is 3.14. The summed E-state index contributed by atoms with van der Waals surface area (Å²) in [6.07, 6.45) is -20.8. The number of ether oxygens (including phenoxy) is 1. The fraction of sp³-hybridized carbons (Fsp3) is 0.357. The third-order valence-electron chi connectivity index (χ3n) is 3.14. The van der Waals surface area contributed by atoms with Crippen molar-refractivity contribution < 1.29 is 44.3 Å². The van der Waals surface area contributed by atoms with Gasteiger partial charge in [-0.05, 0) is 12.1 Å². The Morgan fingerprint density at radius 3 is 1.90 bits per heavy atom. The van der Waals surface area contributed by atoms with E-state index in [2.05, 4.69) is 30.3 Å². The Balaban J connectivity index is 2.42. The highest BCUT2D eigenvalue weighted by atomic mass is 19.4. The molecule has 0 radical (unpaired) electrons. The van der Waals surface area contributed by atoms with Gasteiger partial charge in [0.15, 0.2) is 0 Å². The lowest BCUT2D eigenvalue weighted by atomic mass is 10.1. The molecule has 0 unspecified atom stereocenters. The number of para-hydroxylation sites is 1. The average molecular weight is 435 g/mol. The summed E-state index contributed by atoms with van der Waals surface area (Å²) >= 11 is 0. The van der Waals surface area contributed by atoms with Crippen molar-refractivity contribution in [3.8, 4) is 6.01 Å². The van der Waals surface area contributed by atoms with Crippen LogP contribution in [0.5, 0.6) is 6.01 Å². The molecule has 2 N–H and O–H groups in total. The maximum atomic E-state index is 13.0. The first-order valence-corrected chi connectivity index (χ1v) is 7.39. The van der Waals surface area contributed by atoms with E-state index in [0.717, 1.165) is 19.2 Å². The van der Waals surface area contributed by atoms with Crippen LogP contribution in [0.1, 0.15) is 5.56 Å². The molecule has 0 fully saturated rings. The van der Waals surface area contributed by atoms with Gasteiger partial charge in [-0.25, -0.2) is 0 Å². The zero-order valence-electron chi connectivity index (χ0n) is 14.0. The molecule has 160 valence electrons. The Hall–Kier alpha value is -3.00. The average Bonchev–Trinajstić information content (AvgIpc) is 2.57. The summed E-state index contributed by atoms with van der Waals surface area (Å²) < 4.78 is 119. The van der Waals surface area contributed by atoms with Crippen LogP contribution in [0.4, 0.5) is 57.1 Å². The molecular weight excluding hydrogens is 425 g/mol. The number of nitrogens with one attached hydrogen (secondary N) is 2. The van der Waals surface area contributed by atoms with Gasteiger partial charge in [0.05, 0.1) is 11.3 Å². The predicted molar refractivity (Wildman–Crippen MR) is 80.6 cm³/mol. The number of anilines is 3. The summed E-state index contributed by atoms with van der Waals surface area (Å²) in [6, 6.07) is 2.53. The number of nitrogens with zero attached hydrogens (tertiary/aromatic N) is 3. The van der Waals surface area contributed by atoms with Gasteiger partial charge >= 0.3 is 24.5 Å². The van der Waals surface area contributed by atoms with Crippen molar-refractivity contribution in [3.63, 3.8) is 0 Å². The van der Waals surface area contributed by atoms with E-state index in [9.17, 15) is 39.5 Å². The van der Waals surface area contributed by atoms with Crippen molar-refractivity contribution in [1.82, 2.24) is 15.0 Å². The predicted octanol–water partition coefficient (Wildman–Crippen LogP) is 4.55. The number of aromatic nitrogens is 3. The van der Waals surface area contributed by atoms with E-state index in [1.165, 1.54) is 6.07 Å². The highest BCUT2D eigenvalue weighted by Gasteiger charge is 2.59. The van der Waals surface area contributed by atoms with Crippen LogP contribution in [-0.4, -0.2) is 40.5 Å². The van der Waals surface area contributed by atoms with Gasteiger partial charge in [0.2, 0.25) is 11.9 Å². The summed E-state index contributed by atoms with van der Waals surface area (Å²) in [5, 5.41) is 4.30. The lowest BCUT2D eigenvalue weighted by Crippen LogP contribution is -2.46. The van der Waals surface area contributed by atoms with Gasteiger partial charge < -0.3 is 15.4 Å². The van der Waals surface area contributed by atoms with Crippen LogP contribution in [0.2, 0.25) is 0 Å². The van der Waals surface area contributed by atoms with Crippen molar-refractivity contribution >= 4 is 17.6 Å². The summed E-state index contributed by atoms with van der Waals surface area (Å²) in [5.41, 5.74) is -1.76. The van der Waals surface area contributed by atoms with Gasteiger partial charge in [-0.1, -0.05) is 12.1 Å². The molecule has 29 heavy (non-hydrogen) atoms. The maximum Gasteiger partial charge on any atom is 0.434 e. The first kappa shape index (κ1) is 22.3. The van der Waals surface area contributed by atoms with E-state index in [1.807, 2.05) is 0 Å². The molecule has 2 rings (SSSR count). The lowest BCUT2D eigenvalue weighted by molar-refractivity contribution is -0.301. The number of hydrogen-bond acceptors (Lipinski definition) is 6. The van der Waals surface area contributed by atoms with Crippen LogP contribution in [0.15, 0.2) is 24.3 Å². The molecule has 0 saturated heterocycles. The number of rotatable bonds is 5. The minimum absolute atomic E-state index is 0.551. The van der Waals surface area contributed by atoms with Gasteiger partial charge in [0.1, 0.15) is 0 Å². The Bertz CT molecular complexity index is 837. The number of benzene rings is 1. The molecule has 1 aromatic heterocycles. The molecule has 0 bridgehead atoms. The SMILES string of the molecule is CNc1nc(Nc2ccccc2C(F)(F)F)nc(OC(C(F)(F)F)C(F)(F)F)n1. The molecule has 1 aromatic carbocycles. The minimum atomic E-state index is -5.85. The smallest absolute Gasteiger partial charge is 0.434 e. The second-order valence-corrected chi connectivity index (χ2v) is 5.26. The maximum absolute atomic E-state index is 13.0. The van der Waals surface area contributed by atoms with E-state index < -0.39 is 53.8 Å². The van der Waals surface area contributed by atoms with Crippen molar-refractivity contribution in [1.29, 1.82) is 0 Å². The number of alkyl halides is 9. The monoisotopic (exact) mass is 435 g/mol. The summed E-state index contributed by atoms with van der Waals surface area (Å²) in [4.78, 5) is 9.97. The van der Waals surface area contributed by atoms with Crippen LogP contribution < -0.4 is 15.4 Å². The standard InChI is InChI=1S/C14H10F9N5O/c1-24-9-26-10(25-7-5-3-2-4-6(7)12(15,16)17)28-11(27-9)29-8(13(18,19)20)14(21,22)23/h2-5,8H,1H3,(H2,24,25,26,27,28). The second-order valence-electron chi connectivity index (χ2n) is 5.26. The zero-order valence-corrected chi connectivity index (χ0v) is 14.0. The second kappa shape index (κ2) is 7.79. The first-order valence-electron chi connectivity index (χ1n) is 7.39. The van der Waals surface area contributed by atoms with Crippen LogP contribution in [0.25, 0.3) is 0 Å². The number of hydrogen-bond donors (Lipinski definition) is 2. The highest BCUT2D eigenvalue weighted by Crippen LogP contribution is 2.37. The third kappa shape index (κ3) is 5.74. The zero-order chi connectivity index (χ0) is 22.0. The minimum Gasteiger partial charge on any atom is -0.440 e. The molecule has 1 heterocycles. The molecule has 0 saturated carbocycles. The summed E-state index contributed by atoms with van der Waals surface area (Å²) in [6.45, 7) is 0. The molecule has 6 nitrogen and oxygen atoms in total. The fourth-order valence-corrected chi connectivity index (χ4v) is 1.96. The van der Waals surface area contributed by atoms with Gasteiger partial charge in [-0.3, -0.25) is 0 Å². The molecule has 0 amide bonds. The van der Waals surface area contributed by atoms with E-state index in [4.69, 9.17) is 0 Å². The van der Waals surface area contributed by atoms with Crippen LogP contribution in [0.3, 0.4) is 0 Å². The Morgan fingerprint density at radius 2 is 1.38 bits per heavy atom. The van der Waals surface area contributed by atoms with Crippen molar-refractivity contribution in [3.05, 3.63) is 29.8 Å². The largest absolute Gasteiger partial charge is 0.440 e. The molecular formula is C14H10F9N5O. The van der Waals surface area contributed by atoms with Crippen LogP contribution >= 0.6 is 0 Å². The molecule has 0 aliphatic heterocycles. The van der Waals surface area contributed by atoms with E-state index in [1.54, 1.807) is 0 Å². The molecule has 0 aliphatic carbocycles. The summed E-state index contributed by atoms with van der Waals surface area (Å²) in [5.74, 6) is -1.33. The van der Waals surface area contributed by atoms with Crippen molar-refractivity contribution in [2.45, 2.75) is 24.6 Å². The summed E-state index contributed by atoms with van der Waals surface area (Å²) in [7, 11) is 1.16. The normalized spacial score (nSPS) is 12.8. The van der Waals surface area contributed by atoms with Crippen LogP contribution in [-0.2, 0) is 6.18 Å². The van der Waals surface area contributed by atoms with E-state index >= 15 is 0 Å². The molecule has 2 aromatic rings. The van der Waals surface area contributed by atoms with E-state index in [-0.39, 0.29) is 0 Å². The fourth-order valence-electron chi connectivity index (χ4n) is 1.96. The number of halogens is 9. The van der Waals surface area contributed by atoms with Crippen molar-refractivity contribution in [2.24, 2.45) is 0 Å². The molecule has 0 spiro atoms. The molecule has 15 heteroatoms. The Labute approximate surface area is 156 Å². The Kier molecular flexibility index (Phi) is 5.99. The highest BCUT2D eigenvalue weighted by molar-refractivity contribution is 5.60. The van der Waals surface area contributed by atoms with Gasteiger partial charge in [-0.2, -0.15) is 54.5 Å². The Morgan fingerprint density at radius 1 is 0.828 bits per heavy atom. The topological polar surface area (TPSA) is 72.0 Å². The van der Waals surface area contributed by atoms with Crippen LogP contribution in [0, 0.1) is 0 Å². The lowest BCUT2D eigenvalue weighted by Gasteiger charge is -2.23. The van der Waals surface area contributed by atoms with E-state index in [0.29, 0.717) is 6.07 Å². The molecule has 0 atom stereocenters.